The highest BCUT2D eigenvalue weighted by molar-refractivity contribution is 5.81. The quantitative estimate of drug-likeness (QED) is 0.860. The third-order valence-corrected chi connectivity index (χ3v) is 6.70. The Morgan fingerprint density at radius 2 is 1.74 bits per heavy atom. The van der Waals surface area contributed by atoms with Gasteiger partial charge in [-0.3, -0.25) is 9.59 Å². The molecule has 4 rings (SSSR count). The van der Waals surface area contributed by atoms with Crippen LogP contribution in [0.15, 0.2) is 6.33 Å². The van der Waals surface area contributed by atoms with Crippen LogP contribution in [0.4, 0.5) is 0 Å². The summed E-state index contributed by atoms with van der Waals surface area (Å²) in [7, 11) is 0. The maximum atomic E-state index is 12.7. The molecule has 0 spiro atoms. The molecular weight excluding hydrogens is 342 g/mol. The Labute approximate surface area is 160 Å². The second-order valence-electron chi connectivity index (χ2n) is 8.49. The van der Waals surface area contributed by atoms with Crippen molar-refractivity contribution in [3.63, 3.8) is 0 Å². The summed E-state index contributed by atoms with van der Waals surface area (Å²) in [6.07, 6.45) is 11.4. The number of nitrogens with zero attached hydrogens (tertiary/aromatic N) is 4. The number of aromatic nitrogens is 3. The van der Waals surface area contributed by atoms with E-state index in [0.717, 1.165) is 31.5 Å². The Balaban J connectivity index is 1.29. The summed E-state index contributed by atoms with van der Waals surface area (Å²) in [4.78, 5) is 27.1. The van der Waals surface area contributed by atoms with Crippen LogP contribution in [0.5, 0.6) is 0 Å². The fraction of sp³-hybridized carbons (Fsp3) is 0.800. The Kier molecular flexibility index (Phi) is 5.45. The number of nitrogens with one attached hydrogen (secondary N) is 1. The van der Waals surface area contributed by atoms with E-state index < -0.39 is 0 Å². The number of carbonyl (C=O) groups excluding carboxylic acids is 2. The molecule has 1 N–H and O–H groups in total. The molecule has 0 radical (unpaired) electrons. The molecular formula is C20H31N5O2. The zero-order valence-electron chi connectivity index (χ0n) is 16.3. The van der Waals surface area contributed by atoms with E-state index in [-0.39, 0.29) is 23.8 Å². The first-order valence-electron chi connectivity index (χ1n) is 10.6. The van der Waals surface area contributed by atoms with Gasteiger partial charge in [-0.2, -0.15) is 0 Å². The molecule has 3 aliphatic rings. The summed E-state index contributed by atoms with van der Waals surface area (Å²) >= 11 is 0. The highest BCUT2D eigenvalue weighted by atomic mass is 16.2. The van der Waals surface area contributed by atoms with Gasteiger partial charge in [-0.15, -0.1) is 10.2 Å². The minimum absolute atomic E-state index is 0.0132. The standard InChI is InChI=1S/C20H31N5O2/c1-14(18-23-21-13-25(18)17-7-2-3-8-17)22-19(26)15-9-11-24(12-10-15)20(27)16-5-4-6-16/h13-17H,2-12H2,1H3,(H,22,26). The summed E-state index contributed by atoms with van der Waals surface area (Å²) in [5.41, 5.74) is 0. The number of piperidine rings is 1. The Bertz CT molecular complexity index is 670. The molecule has 2 heterocycles. The Hall–Kier alpha value is -1.92. The highest BCUT2D eigenvalue weighted by Crippen LogP contribution is 2.32. The summed E-state index contributed by atoms with van der Waals surface area (Å²) in [5, 5.41) is 11.5. The van der Waals surface area contributed by atoms with Crippen LogP contribution in [-0.4, -0.2) is 44.6 Å². The fourth-order valence-corrected chi connectivity index (χ4v) is 4.70. The minimum Gasteiger partial charge on any atom is -0.346 e. The molecule has 1 aliphatic heterocycles. The average molecular weight is 374 g/mol. The molecule has 3 fully saturated rings. The normalized spacial score (nSPS) is 23.2. The molecule has 2 aliphatic carbocycles. The molecule has 7 heteroatoms. The van der Waals surface area contributed by atoms with E-state index >= 15 is 0 Å². The monoisotopic (exact) mass is 373 g/mol. The van der Waals surface area contributed by atoms with Crippen LogP contribution in [0.3, 0.4) is 0 Å². The second-order valence-corrected chi connectivity index (χ2v) is 8.49. The molecule has 1 atom stereocenters. The molecule has 0 aromatic carbocycles. The van der Waals surface area contributed by atoms with Gasteiger partial charge in [-0.1, -0.05) is 19.3 Å². The van der Waals surface area contributed by atoms with Crippen LogP contribution in [-0.2, 0) is 9.59 Å². The second kappa shape index (κ2) is 7.98. The van der Waals surface area contributed by atoms with E-state index in [2.05, 4.69) is 20.1 Å². The Morgan fingerprint density at radius 3 is 2.37 bits per heavy atom. The lowest BCUT2D eigenvalue weighted by molar-refractivity contribution is -0.141. The number of hydrogen-bond acceptors (Lipinski definition) is 4. The number of hydrogen-bond donors (Lipinski definition) is 1. The van der Waals surface area contributed by atoms with Crippen molar-refractivity contribution >= 4 is 11.8 Å². The SMILES string of the molecule is CC(NC(=O)C1CCN(C(=O)C2CCC2)CC1)c1nncn1C1CCCC1. The topological polar surface area (TPSA) is 80.1 Å². The molecule has 2 amide bonds. The maximum absolute atomic E-state index is 12.7. The first-order chi connectivity index (χ1) is 13.1. The molecule has 7 nitrogen and oxygen atoms in total. The van der Waals surface area contributed by atoms with Crippen molar-refractivity contribution in [2.24, 2.45) is 11.8 Å². The van der Waals surface area contributed by atoms with Crippen LogP contribution >= 0.6 is 0 Å². The maximum Gasteiger partial charge on any atom is 0.225 e. The van der Waals surface area contributed by atoms with E-state index in [4.69, 9.17) is 0 Å². The van der Waals surface area contributed by atoms with Crippen LogP contribution in [0, 0.1) is 11.8 Å². The molecule has 148 valence electrons. The predicted molar refractivity (Wildman–Crippen MR) is 101 cm³/mol. The van der Waals surface area contributed by atoms with Crippen molar-refractivity contribution in [3.05, 3.63) is 12.2 Å². The highest BCUT2D eigenvalue weighted by Gasteiger charge is 2.34. The minimum atomic E-state index is -0.143. The molecule has 1 saturated heterocycles. The first-order valence-corrected chi connectivity index (χ1v) is 10.6. The predicted octanol–water partition coefficient (Wildman–Crippen LogP) is 2.61. The van der Waals surface area contributed by atoms with Crippen molar-refractivity contribution in [2.45, 2.75) is 76.8 Å². The van der Waals surface area contributed by atoms with E-state index in [0.29, 0.717) is 25.0 Å². The van der Waals surface area contributed by atoms with Crippen LogP contribution in [0.1, 0.15) is 82.6 Å². The summed E-state index contributed by atoms with van der Waals surface area (Å²) in [6.45, 7) is 3.41. The van der Waals surface area contributed by atoms with Crippen molar-refractivity contribution in [2.75, 3.05) is 13.1 Å². The van der Waals surface area contributed by atoms with Gasteiger partial charge in [0.1, 0.15) is 6.33 Å². The smallest absolute Gasteiger partial charge is 0.225 e. The van der Waals surface area contributed by atoms with Gasteiger partial charge in [0, 0.05) is 31.0 Å². The number of likely N-dealkylation sites (tertiary alicyclic amines) is 1. The Morgan fingerprint density at radius 1 is 1.04 bits per heavy atom. The summed E-state index contributed by atoms with van der Waals surface area (Å²) < 4.78 is 2.15. The summed E-state index contributed by atoms with van der Waals surface area (Å²) in [5.74, 6) is 1.48. The van der Waals surface area contributed by atoms with Gasteiger partial charge < -0.3 is 14.8 Å². The van der Waals surface area contributed by atoms with Gasteiger partial charge in [0.25, 0.3) is 0 Å². The molecule has 1 unspecified atom stereocenters. The van der Waals surface area contributed by atoms with Crippen LogP contribution < -0.4 is 5.32 Å². The number of carbonyl (C=O) groups is 2. The average Bonchev–Trinajstić information content (AvgIpc) is 3.31. The van der Waals surface area contributed by atoms with Gasteiger partial charge in [0.15, 0.2) is 5.82 Å². The van der Waals surface area contributed by atoms with E-state index in [1.54, 1.807) is 6.33 Å². The molecule has 0 bridgehead atoms. The third-order valence-electron chi connectivity index (χ3n) is 6.70. The van der Waals surface area contributed by atoms with E-state index in [1.807, 2.05) is 11.8 Å². The van der Waals surface area contributed by atoms with Crippen molar-refractivity contribution in [1.82, 2.24) is 25.0 Å². The molecule has 1 aromatic rings. The molecule has 27 heavy (non-hydrogen) atoms. The van der Waals surface area contributed by atoms with Gasteiger partial charge >= 0.3 is 0 Å². The van der Waals surface area contributed by atoms with E-state index in [1.165, 1.54) is 32.1 Å². The molecule has 1 aromatic heterocycles. The zero-order valence-corrected chi connectivity index (χ0v) is 16.3. The zero-order chi connectivity index (χ0) is 18.8. The van der Waals surface area contributed by atoms with Gasteiger partial charge in [0.05, 0.1) is 6.04 Å². The lowest BCUT2D eigenvalue weighted by Gasteiger charge is -2.36. The van der Waals surface area contributed by atoms with Gasteiger partial charge in [-0.25, -0.2) is 0 Å². The number of rotatable bonds is 5. The number of amides is 2. The van der Waals surface area contributed by atoms with Crippen LogP contribution in [0.25, 0.3) is 0 Å². The molecule has 2 saturated carbocycles. The first kappa shape index (κ1) is 18.4. The van der Waals surface area contributed by atoms with Crippen LogP contribution in [0.2, 0.25) is 0 Å². The van der Waals surface area contributed by atoms with Crippen molar-refractivity contribution in [3.8, 4) is 0 Å². The van der Waals surface area contributed by atoms with E-state index in [9.17, 15) is 9.59 Å². The van der Waals surface area contributed by atoms with Crippen molar-refractivity contribution < 1.29 is 9.59 Å². The van der Waals surface area contributed by atoms with Crippen molar-refractivity contribution in [1.29, 1.82) is 0 Å². The third kappa shape index (κ3) is 3.87. The summed E-state index contributed by atoms with van der Waals surface area (Å²) in [6, 6.07) is 0.324. The van der Waals surface area contributed by atoms with Gasteiger partial charge in [0.2, 0.25) is 11.8 Å². The lowest BCUT2D eigenvalue weighted by Crippen LogP contribution is -2.46. The lowest BCUT2D eigenvalue weighted by atomic mass is 9.83. The van der Waals surface area contributed by atoms with Gasteiger partial charge in [-0.05, 0) is 45.4 Å². The largest absolute Gasteiger partial charge is 0.346 e. The fourth-order valence-electron chi connectivity index (χ4n) is 4.70.